The van der Waals surface area contributed by atoms with Crippen molar-refractivity contribution in [1.29, 1.82) is 0 Å². The molecule has 6 nitrogen and oxygen atoms in total. The number of carbonyl (C=O) groups excluding carboxylic acids is 2. The molecule has 0 bridgehead atoms. The molecule has 0 heterocycles. The van der Waals surface area contributed by atoms with E-state index in [0.717, 1.165) is 11.8 Å². The molecule has 26 heavy (non-hydrogen) atoms. The van der Waals surface area contributed by atoms with Crippen LogP contribution < -0.4 is 20.1 Å². The van der Waals surface area contributed by atoms with Crippen molar-refractivity contribution in [2.45, 2.75) is 6.42 Å². The fourth-order valence-corrected chi connectivity index (χ4v) is 2.20. The molecule has 0 aliphatic carbocycles. The number of benzene rings is 2. The van der Waals surface area contributed by atoms with Crippen molar-refractivity contribution in [2.75, 3.05) is 25.6 Å². The topological polar surface area (TPSA) is 76.7 Å². The van der Waals surface area contributed by atoms with E-state index < -0.39 is 17.6 Å². The molecule has 8 heteroatoms. The number of amides is 2. The predicted octanol–water partition coefficient (Wildman–Crippen LogP) is 3.01. The number of hydrogen-bond acceptors (Lipinski definition) is 4. The monoisotopic (exact) mass is 380 g/mol. The molecular weight excluding hydrogens is 363 g/mol. The van der Waals surface area contributed by atoms with E-state index in [4.69, 9.17) is 21.1 Å². The van der Waals surface area contributed by atoms with Gasteiger partial charge in [0.1, 0.15) is 30.3 Å². The van der Waals surface area contributed by atoms with Crippen LogP contribution in [0.4, 0.5) is 10.1 Å². The summed E-state index contributed by atoms with van der Waals surface area (Å²) >= 11 is 5.63. The van der Waals surface area contributed by atoms with Gasteiger partial charge in [-0.3, -0.25) is 9.59 Å². The van der Waals surface area contributed by atoms with Crippen LogP contribution in [0.5, 0.6) is 11.5 Å². The van der Waals surface area contributed by atoms with Crippen LogP contribution in [0, 0.1) is 5.82 Å². The van der Waals surface area contributed by atoms with Crippen LogP contribution in [0.15, 0.2) is 42.5 Å². The van der Waals surface area contributed by atoms with E-state index in [1.807, 2.05) is 0 Å². The van der Waals surface area contributed by atoms with Gasteiger partial charge in [0.05, 0.1) is 18.7 Å². The van der Waals surface area contributed by atoms with Gasteiger partial charge in [-0.05, 0) is 42.5 Å². The summed E-state index contributed by atoms with van der Waals surface area (Å²) in [5.74, 6) is -0.195. The second kappa shape index (κ2) is 9.62. The number of methoxy groups -OCH3 is 1. The van der Waals surface area contributed by atoms with Gasteiger partial charge in [0, 0.05) is 5.69 Å². The van der Waals surface area contributed by atoms with Gasteiger partial charge in [-0.1, -0.05) is 11.6 Å². The highest BCUT2D eigenvalue weighted by atomic mass is 35.5. The number of rotatable bonds is 8. The van der Waals surface area contributed by atoms with Crippen LogP contribution in [0.1, 0.15) is 6.42 Å². The molecule has 2 amide bonds. The van der Waals surface area contributed by atoms with Gasteiger partial charge in [-0.25, -0.2) is 4.39 Å². The van der Waals surface area contributed by atoms with Gasteiger partial charge >= 0.3 is 0 Å². The lowest BCUT2D eigenvalue weighted by Gasteiger charge is -2.09. The van der Waals surface area contributed by atoms with Gasteiger partial charge in [-0.15, -0.1) is 0 Å². The summed E-state index contributed by atoms with van der Waals surface area (Å²) in [5, 5.41) is 4.94. The molecule has 0 spiro atoms. The highest BCUT2D eigenvalue weighted by Gasteiger charge is 2.10. The maximum Gasteiger partial charge on any atom is 0.233 e. The number of hydrogen-bond donors (Lipinski definition) is 2. The van der Waals surface area contributed by atoms with E-state index in [1.165, 1.54) is 12.1 Å². The Bertz CT molecular complexity index is 768. The Morgan fingerprint density at radius 1 is 1.08 bits per heavy atom. The minimum Gasteiger partial charge on any atom is -0.497 e. The second-order valence-electron chi connectivity index (χ2n) is 5.23. The van der Waals surface area contributed by atoms with E-state index in [9.17, 15) is 14.0 Å². The van der Waals surface area contributed by atoms with Crippen molar-refractivity contribution in [3.8, 4) is 11.5 Å². The van der Waals surface area contributed by atoms with E-state index in [1.54, 1.807) is 31.4 Å². The SMILES string of the molecule is COc1ccc(OCCNC(=O)CC(=O)Nc2ccc(F)c(Cl)c2)cc1. The predicted molar refractivity (Wildman–Crippen MR) is 96.2 cm³/mol. The minimum absolute atomic E-state index is 0.108. The zero-order valence-corrected chi connectivity index (χ0v) is 14.8. The standard InChI is InChI=1S/C18H18ClFN2O4/c1-25-13-3-5-14(6-4-13)26-9-8-21-17(23)11-18(24)22-12-2-7-16(20)15(19)10-12/h2-7,10H,8-9,11H2,1H3,(H,21,23)(H,22,24). The van der Waals surface area contributed by atoms with Gasteiger partial charge in [0.15, 0.2) is 0 Å². The first-order chi connectivity index (χ1) is 12.5. The van der Waals surface area contributed by atoms with Gasteiger partial charge in [0.2, 0.25) is 11.8 Å². The van der Waals surface area contributed by atoms with Crippen LogP contribution in [0.25, 0.3) is 0 Å². The molecule has 0 fully saturated rings. The van der Waals surface area contributed by atoms with E-state index in [0.29, 0.717) is 11.4 Å². The first-order valence-corrected chi connectivity index (χ1v) is 8.14. The molecule has 0 saturated heterocycles. The quantitative estimate of drug-likeness (QED) is 0.545. The average Bonchev–Trinajstić information content (AvgIpc) is 2.62. The lowest BCUT2D eigenvalue weighted by atomic mass is 10.3. The number of halogens is 2. The molecular formula is C18H18ClFN2O4. The van der Waals surface area contributed by atoms with Crippen LogP contribution in [-0.4, -0.2) is 32.1 Å². The molecule has 0 radical (unpaired) electrons. The normalized spacial score (nSPS) is 10.1. The van der Waals surface area contributed by atoms with Crippen LogP contribution in [-0.2, 0) is 9.59 Å². The van der Waals surface area contributed by atoms with E-state index >= 15 is 0 Å². The molecule has 0 saturated carbocycles. The Hall–Kier alpha value is -2.80. The molecule has 0 aliphatic heterocycles. The number of nitrogens with one attached hydrogen (secondary N) is 2. The Labute approximate surface area is 155 Å². The maximum atomic E-state index is 13.1. The lowest BCUT2D eigenvalue weighted by molar-refractivity contribution is -0.126. The van der Waals surface area contributed by atoms with E-state index in [2.05, 4.69) is 10.6 Å². The lowest BCUT2D eigenvalue weighted by Crippen LogP contribution is -2.31. The highest BCUT2D eigenvalue weighted by molar-refractivity contribution is 6.31. The molecule has 2 aromatic rings. The van der Waals surface area contributed by atoms with Crippen molar-refractivity contribution >= 4 is 29.1 Å². The summed E-state index contributed by atoms with van der Waals surface area (Å²) in [5.41, 5.74) is 0.317. The summed E-state index contributed by atoms with van der Waals surface area (Å²) in [6.45, 7) is 0.508. The third kappa shape index (κ3) is 6.25. The number of anilines is 1. The fraction of sp³-hybridized carbons (Fsp3) is 0.222. The summed E-state index contributed by atoms with van der Waals surface area (Å²) in [4.78, 5) is 23.5. The van der Waals surface area contributed by atoms with Crippen molar-refractivity contribution in [2.24, 2.45) is 0 Å². The minimum atomic E-state index is -0.584. The maximum absolute atomic E-state index is 13.1. The Morgan fingerprint density at radius 2 is 1.77 bits per heavy atom. The summed E-state index contributed by atoms with van der Waals surface area (Å²) in [7, 11) is 1.58. The van der Waals surface area contributed by atoms with Gasteiger partial charge in [0.25, 0.3) is 0 Å². The largest absolute Gasteiger partial charge is 0.497 e. The first-order valence-electron chi connectivity index (χ1n) is 7.76. The Balaban J connectivity index is 1.67. The van der Waals surface area contributed by atoms with Gasteiger partial charge in [-0.2, -0.15) is 0 Å². The van der Waals surface area contributed by atoms with Crippen molar-refractivity contribution < 1.29 is 23.5 Å². The summed E-state index contributed by atoms with van der Waals surface area (Å²) in [6, 6.07) is 10.8. The van der Waals surface area contributed by atoms with Gasteiger partial charge < -0.3 is 20.1 Å². The van der Waals surface area contributed by atoms with Crippen molar-refractivity contribution in [3.05, 3.63) is 53.3 Å². The van der Waals surface area contributed by atoms with Crippen molar-refractivity contribution in [3.63, 3.8) is 0 Å². The van der Waals surface area contributed by atoms with Crippen LogP contribution in [0.2, 0.25) is 5.02 Å². The molecule has 2 aromatic carbocycles. The van der Waals surface area contributed by atoms with Crippen LogP contribution >= 0.6 is 11.6 Å². The molecule has 2 N–H and O–H groups in total. The molecule has 0 aromatic heterocycles. The van der Waals surface area contributed by atoms with E-state index in [-0.39, 0.29) is 24.6 Å². The zero-order chi connectivity index (χ0) is 18.9. The third-order valence-corrected chi connectivity index (χ3v) is 3.57. The molecule has 138 valence electrons. The second-order valence-corrected chi connectivity index (χ2v) is 5.63. The molecule has 0 atom stereocenters. The Morgan fingerprint density at radius 3 is 2.42 bits per heavy atom. The fourth-order valence-electron chi connectivity index (χ4n) is 2.02. The zero-order valence-electron chi connectivity index (χ0n) is 14.1. The van der Waals surface area contributed by atoms with Crippen LogP contribution in [0.3, 0.4) is 0 Å². The average molecular weight is 381 g/mol. The summed E-state index contributed by atoms with van der Waals surface area (Å²) in [6.07, 6.45) is -0.364. The van der Waals surface area contributed by atoms with Crippen molar-refractivity contribution in [1.82, 2.24) is 5.32 Å². The summed E-state index contributed by atoms with van der Waals surface area (Å²) < 4.78 is 23.6. The molecule has 0 aliphatic rings. The number of carbonyl (C=O) groups is 2. The Kier molecular flexibility index (Phi) is 7.23. The highest BCUT2D eigenvalue weighted by Crippen LogP contribution is 2.19. The third-order valence-electron chi connectivity index (χ3n) is 3.28. The number of ether oxygens (including phenoxy) is 2. The first kappa shape index (κ1) is 19.5. The smallest absolute Gasteiger partial charge is 0.233 e. The molecule has 2 rings (SSSR count). The molecule has 0 unspecified atom stereocenters.